The summed E-state index contributed by atoms with van der Waals surface area (Å²) < 4.78 is 33.6. The van der Waals surface area contributed by atoms with Crippen molar-refractivity contribution in [2.24, 2.45) is 14.6 Å². The average molecular weight is 745 g/mol. The number of hydrogen-bond donors (Lipinski definition) is 0. The number of rotatable bonds is 9. The Balaban J connectivity index is 1.39. The van der Waals surface area contributed by atoms with Crippen LogP contribution in [0.25, 0.3) is 33.9 Å². The number of nitrogens with zero attached hydrogens (tertiary/aromatic N) is 7. The van der Waals surface area contributed by atoms with Crippen LogP contribution in [0, 0.1) is 0 Å². The minimum Gasteiger partial charge on any atom is -0.368 e. The first-order valence-corrected chi connectivity index (χ1v) is 17.7. The van der Waals surface area contributed by atoms with Gasteiger partial charge in [0.15, 0.2) is 0 Å². The van der Waals surface area contributed by atoms with E-state index in [0.29, 0.717) is 21.2 Å². The zero-order valence-electron chi connectivity index (χ0n) is 25.1. The summed E-state index contributed by atoms with van der Waals surface area (Å²) in [5.74, 6) is 0. The standard InChI is InChI=1S/C34H27BrClN7O2S2/c1-41(2)23-38-47(44,45)31-18-16-29(17-19-31)42-21-26(33(40-42)25-6-4-3-5-7-25)20-37-39-34-43(30-14-12-28(36)13-15-30)32(22-46-34)24-8-10-27(35)11-9-24/h3-23H,1-2H3/b37-20-,38-23+,39-34-. The van der Waals surface area contributed by atoms with Gasteiger partial charge in [-0.1, -0.05) is 70.0 Å². The first-order valence-electron chi connectivity index (χ1n) is 14.2. The molecule has 0 aliphatic carbocycles. The summed E-state index contributed by atoms with van der Waals surface area (Å²) in [5.41, 5.74) is 5.90. The third-order valence-corrected chi connectivity index (χ3v) is 9.72. The monoisotopic (exact) mass is 743 g/mol. The summed E-state index contributed by atoms with van der Waals surface area (Å²) in [5, 5.41) is 16.7. The van der Waals surface area contributed by atoms with E-state index in [0.717, 1.165) is 32.5 Å². The molecule has 0 radical (unpaired) electrons. The van der Waals surface area contributed by atoms with E-state index in [2.05, 4.69) is 35.9 Å². The lowest BCUT2D eigenvalue weighted by Gasteiger charge is -2.09. The van der Waals surface area contributed by atoms with Gasteiger partial charge in [-0.3, -0.25) is 4.57 Å². The summed E-state index contributed by atoms with van der Waals surface area (Å²) in [6.45, 7) is 0. The van der Waals surface area contributed by atoms with Crippen LogP contribution >= 0.6 is 38.9 Å². The molecule has 9 nitrogen and oxygen atoms in total. The number of halogens is 2. The van der Waals surface area contributed by atoms with Crippen molar-refractivity contribution in [2.45, 2.75) is 4.90 Å². The molecule has 0 aliphatic heterocycles. The van der Waals surface area contributed by atoms with Gasteiger partial charge in [-0.25, -0.2) is 4.68 Å². The second-order valence-electron chi connectivity index (χ2n) is 10.5. The van der Waals surface area contributed by atoms with Crippen LogP contribution in [-0.2, 0) is 10.0 Å². The summed E-state index contributed by atoms with van der Waals surface area (Å²) in [6.07, 6.45) is 4.77. The van der Waals surface area contributed by atoms with Gasteiger partial charge in [0.05, 0.1) is 22.5 Å². The van der Waals surface area contributed by atoms with Crippen LogP contribution < -0.4 is 4.80 Å². The zero-order valence-corrected chi connectivity index (χ0v) is 29.1. The van der Waals surface area contributed by atoms with Gasteiger partial charge in [0.2, 0.25) is 4.80 Å². The van der Waals surface area contributed by atoms with E-state index < -0.39 is 10.0 Å². The SMILES string of the molecule is CN(C)/C=N/S(=O)(=O)c1ccc(-n2cc(/C=N\N=c3/scc(-c4ccc(Br)cc4)n3-c3ccc(Cl)cc3)c(-c3ccccc3)n2)cc1. The lowest BCUT2D eigenvalue weighted by molar-refractivity contribution is 0.594. The van der Waals surface area contributed by atoms with Gasteiger partial charge >= 0.3 is 0 Å². The summed E-state index contributed by atoms with van der Waals surface area (Å²) in [6, 6.07) is 31.9. The molecule has 4 aromatic carbocycles. The smallest absolute Gasteiger partial charge is 0.283 e. The highest BCUT2D eigenvalue weighted by atomic mass is 79.9. The molecule has 2 heterocycles. The van der Waals surface area contributed by atoms with Crippen LogP contribution in [0.1, 0.15) is 5.56 Å². The summed E-state index contributed by atoms with van der Waals surface area (Å²) in [4.78, 5) is 2.32. The highest BCUT2D eigenvalue weighted by molar-refractivity contribution is 9.10. The fraction of sp³-hybridized carbons (Fsp3) is 0.0588. The highest BCUT2D eigenvalue weighted by Crippen LogP contribution is 2.27. The minimum atomic E-state index is -3.83. The van der Waals surface area contributed by atoms with Gasteiger partial charge in [0.25, 0.3) is 10.0 Å². The van der Waals surface area contributed by atoms with E-state index in [1.807, 2.05) is 89.6 Å². The van der Waals surface area contributed by atoms with E-state index >= 15 is 0 Å². The largest absolute Gasteiger partial charge is 0.368 e. The second-order valence-corrected chi connectivity index (χ2v) is 14.3. The number of thiazole rings is 1. The fourth-order valence-electron chi connectivity index (χ4n) is 4.61. The van der Waals surface area contributed by atoms with Crippen molar-refractivity contribution in [3.63, 3.8) is 0 Å². The first-order chi connectivity index (χ1) is 22.7. The molecule has 236 valence electrons. The molecule has 0 saturated carbocycles. The van der Waals surface area contributed by atoms with Crippen LogP contribution in [0.2, 0.25) is 5.02 Å². The van der Waals surface area contributed by atoms with Crippen molar-refractivity contribution in [3.05, 3.63) is 135 Å². The van der Waals surface area contributed by atoms with Gasteiger partial charge in [-0.15, -0.1) is 20.8 Å². The van der Waals surface area contributed by atoms with E-state index in [4.69, 9.17) is 16.7 Å². The van der Waals surface area contributed by atoms with E-state index in [1.54, 1.807) is 42.0 Å². The molecule has 0 unspecified atom stereocenters. The molecule has 0 amide bonds. The van der Waals surface area contributed by atoms with Crippen LogP contribution in [0.3, 0.4) is 0 Å². The topological polar surface area (TPSA) is 97.2 Å². The van der Waals surface area contributed by atoms with Gasteiger partial charge < -0.3 is 4.90 Å². The van der Waals surface area contributed by atoms with E-state index in [1.165, 1.54) is 29.8 Å². The Kier molecular flexibility index (Phi) is 9.64. The maximum Gasteiger partial charge on any atom is 0.283 e. The number of aromatic nitrogens is 3. The van der Waals surface area contributed by atoms with Gasteiger partial charge in [0.1, 0.15) is 12.0 Å². The zero-order chi connectivity index (χ0) is 33.0. The van der Waals surface area contributed by atoms with Crippen molar-refractivity contribution < 1.29 is 8.42 Å². The number of sulfonamides is 1. The quantitative estimate of drug-likeness (QED) is 0.0862. The van der Waals surface area contributed by atoms with Crippen molar-refractivity contribution in [1.82, 2.24) is 19.2 Å². The van der Waals surface area contributed by atoms with Gasteiger partial charge in [-0.2, -0.15) is 18.6 Å². The van der Waals surface area contributed by atoms with Gasteiger partial charge in [0, 0.05) is 52.0 Å². The van der Waals surface area contributed by atoms with Crippen LogP contribution in [0.15, 0.2) is 139 Å². The van der Waals surface area contributed by atoms with Crippen molar-refractivity contribution in [1.29, 1.82) is 0 Å². The molecule has 47 heavy (non-hydrogen) atoms. The van der Waals surface area contributed by atoms with Gasteiger partial charge in [-0.05, 0) is 66.2 Å². The Hall–Kier alpha value is -4.62. The third kappa shape index (κ3) is 7.52. The molecule has 0 N–H and O–H groups in total. The molecule has 0 bridgehead atoms. The van der Waals surface area contributed by atoms with Crippen molar-refractivity contribution >= 4 is 61.4 Å². The Morgan fingerprint density at radius 1 is 0.872 bits per heavy atom. The summed E-state index contributed by atoms with van der Waals surface area (Å²) >= 11 is 11.2. The fourth-order valence-corrected chi connectivity index (χ4v) is 6.77. The molecule has 0 fully saturated rings. The highest BCUT2D eigenvalue weighted by Gasteiger charge is 2.15. The normalized spacial score (nSPS) is 12.4. The molecule has 13 heteroatoms. The van der Waals surface area contributed by atoms with E-state index in [9.17, 15) is 8.42 Å². The van der Waals surface area contributed by atoms with Crippen molar-refractivity contribution in [3.8, 4) is 33.9 Å². The molecule has 0 aliphatic rings. The number of hydrogen-bond acceptors (Lipinski definition) is 6. The second kappa shape index (κ2) is 14.0. The molecular formula is C34H27BrClN7O2S2. The lowest BCUT2D eigenvalue weighted by atomic mass is 10.1. The van der Waals surface area contributed by atoms with Crippen LogP contribution in [0.5, 0.6) is 0 Å². The molecule has 2 aromatic heterocycles. The molecule has 0 saturated heterocycles. The predicted molar refractivity (Wildman–Crippen MR) is 193 cm³/mol. The van der Waals surface area contributed by atoms with E-state index in [-0.39, 0.29) is 4.90 Å². The summed E-state index contributed by atoms with van der Waals surface area (Å²) in [7, 11) is -0.416. The molecule has 0 spiro atoms. The average Bonchev–Trinajstić information content (AvgIpc) is 3.70. The predicted octanol–water partition coefficient (Wildman–Crippen LogP) is 7.69. The van der Waals surface area contributed by atoms with Crippen LogP contribution in [0.4, 0.5) is 0 Å². The Labute approximate surface area is 289 Å². The third-order valence-electron chi connectivity index (χ3n) is 6.88. The first kappa shape index (κ1) is 32.3. The lowest BCUT2D eigenvalue weighted by Crippen LogP contribution is -2.13. The van der Waals surface area contributed by atoms with Crippen molar-refractivity contribution in [2.75, 3.05) is 14.1 Å². The Morgan fingerprint density at radius 2 is 1.55 bits per heavy atom. The Morgan fingerprint density at radius 3 is 2.23 bits per heavy atom. The maximum absolute atomic E-state index is 12.6. The van der Waals surface area contributed by atoms with Crippen LogP contribution in [-0.4, -0.2) is 54.3 Å². The molecular weight excluding hydrogens is 718 g/mol. The molecule has 6 aromatic rings. The number of benzene rings is 4. The maximum atomic E-state index is 12.6. The molecule has 0 atom stereocenters. The minimum absolute atomic E-state index is 0.0859. The molecule has 6 rings (SSSR count). The Bertz CT molecular complexity index is 2240.